The van der Waals surface area contributed by atoms with Crippen molar-refractivity contribution in [3.63, 3.8) is 0 Å². The minimum atomic E-state index is -4.08. The van der Waals surface area contributed by atoms with Crippen molar-refractivity contribution in [1.82, 2.24) is 15.1 Å². The lowest BCUT2D eigenvalue weighted by molar-refractivity contribution is -0.148. The molecule has 0 spiro atoms. The van der Waals surface area contributed by atoms with Crippen molar-refractivity contribution >= 4 is 29.9 Å². The summed E-state index contributed by atoms with van der Waals surface area (Å²) in [4.78, 5) is 8.84. The number of halogens is 4. The van der Waals surface area contributed by atoms with Crippen LogP contribution in [0.5, 0.6) is 0 Å². The van der Waals surface area contributed by atoms with Gasteiger partial charge in [-0.25, -0.2) is 0 Å². The quantitative estimate of drug-likeness (QED) is 0.335. The van der Waals surface area contributed by atoms with E-state index < -0.39 is 12.7 Å². The number of hydrogen-bond donors (Lipinski definition) is 1. The average molecular weight is 516 g/mol. The van der Waals surface area contributed by atoms with Gasteiger partial charge in [0.15, 0.2) is 5.96 Å². The Morgan fingerprint density at radius 1 is 1.04 bits per heavy atom. The molecule has 3 rings (SSSR count). The van der Waals surface area contributed by atoms with Crippen LogP contribution in [-0.2, 0) is 0 Å². The molecule has 0 radical (unpaired) electrons. The Morgan fingerprint density at radius 3 is 2.18 bits per heavy atom. The van der Waals surface area contributed by atoms with Crippen LogP contribution in [0.1, 0.15) is 51.9 Å². The first-order chi connectivity index (χ1) is 12.9. The summed E-state index contributed by atoms with van der Waals surface area (Å²) in [6.45, 7) is 6.37. The topological polar surface area (TPSA) is 30.9 Å². The molecular weight excluding hydrogens is 480 g/mol. The van der Waals surface area contributed by atoms with Gasteiger partial charge in [0.05, 0.1) is 6.54 Å². The van der Waals surface area contributed by atoms with Crippen LogP contribution in [0.2, 0.25) is 0 Å². The minimum Gasteiger partial charge on any atom is -0.357 e. The molecule has 3 fully saturated rings. The number of guanidine groups is 1. The van der Waals surface area contributed by atoms with Crippen molar-refractivity contribution < 1.29 is 13.2 Å². The Morgan fingerprint density at radius 2 is 1.64 bits per heavy atom. The monoisotopic (exact) mass is 516 g/mol. The normalized spacial score (nSPS) is 27.4. The molecule has 8 heteroatoms. The van der Waals surface area contributed by atoms with Crippen molar-refractivity contribution in [3.05, 3.63) is 0 Å². The molecule has 3 aliphatic rings. The van der Waals surface area contributed by atoms with Gasteiger partial charge in [-0.05, 0) is 69.9 Å². The van der Waals surface area contributed by atoms with E-state index in [2.05, 4.69) is 17.1 Å². The number of alkyl halides is 3. The highest BCUT2D eigenvalue weighted by Gasteiger charge is 2.35. The molecule has 0 aromatic heterocycles. The van der Waals surface area contributed by atoms with Crippen molar-refractivity contribution in [2.45, 2.75) is 58.0 Å². The van der Waals surface area contributed by atoms with Crippen LogP contribution in [0.3, 0.4) is 0 Å². The van der Waals surface area contributed by atoms with Crippen LogP contribution in [0, 0.1) is 17.8 Å². The molecular formula is C20H36F3IN4. The lowest BCUT2D eigenvalue weighted by Crippen LogP contribution is -2.41. The van der Waals surface area contributed by atoms with E-state index in [0.29, 0.717) is 19.0 Å². The van der Waals surface area contributed by atoms with E-state index in [1.807, 2.05) is 0 Å². The zero-order chi connectivity index (χ0) is 19.3. The molecule has 0 aromatic carbocycles. The Kier molecular flexibility index (Phi) is 9.63. The smallest absolute Gasteiger partial charge is 0.357 e. The summed E-state index contributed by atoms with van der Waals surface area (Å²) in [6, 6.07) is 0. The van der Waals surface area contributed by atoms with Crippen molar-refractivity contribution in [1.29, 1.82) is 0 Å². The molecule has 0 bridgehead atoms. The third kappa shape index (κ3) is 7.22. The number of aliphatic imine (C=N–C) groups is 1. The molecule has 1 N–H and O–H groups in total. The van der Waals surface area contributed by atoms with E-state index in [9.17, 15) is 13.2 Å². The fourth-order valence-corrected chi connectivity index (χ4v) is 5.04. The maximum atomic E-state index is 12.5. The zero-order valence-corrected chi connectivity index (χ0v) is 19.3. The summed E-state index contributed by atoms with van der Waals surface area (Å²) in [6.07, 6.45) is 4.08. The highest BCUT2D eigenvalue weighted by Crippen LogP contribution is 2.36. The van der Waals surface area contributed by atoms with Gasteiger partial charge in [-0.2, -0.15) is 13.2 Å². The summed E-state index contributed by atoms with van der Waals surface area (Å²) in [5.74, 6) is 3.21. The minimum absolute atomic E-state index is 0. The molecule has 2 heterocycles. The first-order valence-electron chi connectivity index (χ1n) is 10.8. The summed E-state index contributed by atoms with van der Waals surface area (Å²) in [7, 11) is 0. The SMILES string of the molecule is CCNC(=NCCC1CCN(CC(F)(F)F)CC1)N1CC2CCCCC2C1.I. The highest BCUT2D eigenvalue weighted by atomic mass is 127. The van der Waals surface area contributed by atoms with E-state index in [4.69, 9.17) is 4.99 Å². The Bertz CT molecular complexity index is 478. The predicted octanol–water partition coefficient (Wildman–Crippen LogP) is 4.36. The predicted molar refractivity (Wildman–Crippen MR) is 118 cm³/mol. The van der Waals surface area contributed by atoms with Crippen LogP contribution in [0.4, 0.5) is 13.2 Å². The van der Waals surface area contributed by atoms with Crippen LogP contribution in [-0.4, -0.2) is 67.7 Å². The zero-order valence-electron chi connectivity index (χ0n) is 17.0. The van der Waals surface area contributed by atoms with Gasteiger partial charge < -0.3 is 10.2 Å². The van der Waals surface area contributed by atoms with Crippen LogP contribution in [0.15, 0.2) is 4.99 Å². The number of hydrogen-bond acceptors (Lipinski definition) is 2. The molecule has 2 unspecified atom stereocenters. The standard InChI is InChI=1S/C20H35F3N4.HI/c1-2-24-19(27-13-17-5-3-4-6-18(17)14-27)25-10-7-16-8-11-26(12-9-16)15-20(21,22)23;/h16-18H,2-15H2,1H3,(H,24,25);1H. The lowest BCUT2D eigenvalue weighted by Gasteiger charge is -2.32. The molecule has 28 heavy (non-hydrogen) atoms. The largest absolute Gasteiger partial charge is 0.401 e. The van der Waals surface area contributed by atoms with Crippen molar-refractivity contribution in [3.8, 4) is 0 Å². The summed E-state index contributed by atoms with van der Waals surface area (Å²) >= 11 is 0. The first-order valence-corrected chi connectivity index (χ1v) is 10.8. The molecule has 4 nitrogen and oxygen atoms in total. The van der Waals surface area contributed by atoms with Gasteiger partial charge in [0.25, 0.3) is 0 Å². The Hall–Kier alpha value is -0.250. The van der Waals surface area contributed by atoms with Gasteiger partial charge >= 0.3 is 6.18 Å². The third-order valence-electron chi connectivity index (χ3n) is 6.52. The maximum absolute atomic E-state index is 12.5. The van der Waals surface area contributed by atoms with Crippen LogP contribution >= 0.6 is 24.0 Å². The van der Waals surface area contributed by atoms with Crippen LogP contribution < -0.4 is 5.32 Å². The molecule has 2 atom stereocenters. The van der Waals surface area contributed by atoms with Gasteiger partial charge in [-0.3, -0.25) is 9.89 Å². The Balaban J connectivity index is 0.00000280. The fraction of sp³-hybridized carbons (Fsp3) is 0.950. The second-order valence-electron chi connectivity index (χ2n) is 8.57. The number of likely N-dealkylation sites (tertiary alicyclic amines) is 2. The second kappa shape index (κ2) is 11.2. The third-order valence-corrected chi connectivity index (χ3v) is 6.52. The summed E-state index contributed by atoms with van der Waals surface area (Å²) in [5.41, 5.74) is 0. The number of nitrogens with one attached hydrogen (secondary N) is 1. The van der Waals surface area contributed by atoms with E-state index in [1.54, 1.807) is 0 Å². The number of fused-ring (bicyclic) bond motifs is 1. The summed E-state index contributed by atoms with van der Waals surface area (Å²) < 4.78 is 37.5. The molecule has 2 saturated heterocycles. The summed E-state index contributed by atoms with van der Waals surface area (Å²) in [5, 5.41) is 3.45. The van der Waals surface area contributed by atoms with Crippen molar-refractivity contribution in [2.75, 3.05) is 45.8 Å². The number of nitrogens with zero attached hydrogens (tertiary/aromatic N) is 3. The van der Waals surface area contributed by atoms with E-state index in [-0.39, 0.29) is 24.0 Å². The Labute approximate surface area is 184 Å². The maximum Gasteiger partial charge on any atom is 0.401 e. The van der Waals surface area contributed by atoms with E-state index in [1.165, 1.54) is 30.6 Å². The highest BCUT2D eigenvalue weighted by molar-refractivity contribution is 14.0. The fourth-order valence-electron chi connectivity index (χ4n) is 5.04. The lowest BCUT2D eigenvalue weighted by atomic mass is 9.82. The van der Waals surface area contributed by atoms with Gasteiger partial charge in [0, 0.05) is 26.2 Å². The molecule has 0 amide bonds. The number of rotatable bonds is 5. The second-order valence-corrected chi connectivity index (χ2v) is 8.57. The first kappa shape index (κ1) is 24.0. The molecule has 0 aromatic rings. The van der Waals surface area contributed by atoms with Gasteiger partial charge in [0.1, 0.15) is 0 Å². The van der Waals surface area contributed by atoms with Gasteiger partial charge in [-0.1, -0.05) is 12.8 Å². The van der Waals surface area contributed by atoms with E-state index >= 15 is 0 Å². The van der Waals surface area contributed by atoms with Gasteiger partial charge in [0.2, 0.25) is 0 Å². The molecule has 164 valence electrons. The molecule has 1 saturated carbocycles. The van der Waals surface area contributed by atoms with Gasteiger partial charge in [-0.15, -0.1) is 24.0 Å². The average Bonchev–Trinajstić information content (AvgIpc) is 3.05. The number of piperidine rings is 1. The molecule has 1 aliphatic carbocycles. The van der Waals surface area contributed by atoms with Crippen LogP contribution in [0.25, 0.3) is 0 Å². The molecule has 2 aliphatic heterocycles. The van der Waals surface area contributed by atoms with E-state index in [0.717, 1.165) is 63.2 Å². The van der Waals surface area contributed by atoms with Crippen molar-refractivity contribution in [2.24, 2.45) is 22.7 Å².